The van der Waals surface area contributed by atoms with Crippen molar-refractivity contribution in [1.82, 2.24) is 5.16 Å². The zero-order valence-corrected chi connectivity index (χ0v) is 10.4. The molecule has 4 nitrogen and oxygen atoms in total. The molecule has 1 aromatic carbocycles. The fourth-order valence-electron chi connectivity index (χ4n) is 1.24. The van der Waals surface area contributed by atoms with Crippen LogP contribution in [0, 0.1) is 12.7 Å². The first-order chi connectivity index (χ1) is 8.06. The van der Waals surface area contributed by atoms with Crippen molar-refractivity contribution in [1.29, 1.82) is 0 Å². The molecule has 0 fully saturated rings. The average Bonchev–Trinajstić information content (AvgIpc) is 2.70. The van der Waals surface area contributed by atoms with Crippen molar-refractivity contribution < 1.29 is 13.7 Å². The molecular weight excluding hydrogens is 291 g/mol. The predicted octanol–water partition coefficient (Wildman–Crippen LogP) is 3.14. The molecule has 0 radical (unpaired) electrons. The van der Waals surface area contributed by atoms with Crippen LogP contribution in [0.1, 0.15) is 16.2 Å². The summed E-state index contributed by atoms with van der Waals surface area (Å²) >= 11 is 3.03. The molecule has 0 unspecified atom stereocenters. The molecule has 0 saturated heterocycles. The second kappa shape index (κ2) is 4.67. The lowest BCUT2D eigenvalue weighted by molar-refractivity contribution is 0.0988. The molecular formula is C11H8BrFN2O2. The summed E-state index contributed by atoms with van der Waals surface area (Å²) in [6.07, 6.45) is 0. The van der Waals surface area contributed by atoms with Gasteiger partial charge in [-0.25, -0.2) is 4.39 Å². The van der Waals surface area contributed by atoms with Gasteiger partial charge in [0.1, 0.15) is 5.82 Å². The standard InChI is InChI=1S/C11H8BrFN2O2/c1-6-4-10(17-15-6)11(16)14-7-2-3-8(12)9(13)5-7/h2-5H,1H3,(H,14,16). The van der Waals surface area contributed by atoms with E-state index in [1.807, 2.05) is 0 Å². The lowest BCUT2D eigenvalue weighted by Crippen LogP contribution is -2.11. The lowest BCUT2D eigenvalue weighted by atomic mass is 10.3. The van der Waals surface area contributed by atoms with Gasteiger partial charge >= 0.3 is 0 Å². The second-order valence-corrected chi connectivity index (χ2v) is 4.27. The zero-order valence-electron chi connectivity index (χ0n) is 8.83. The fraction of sp³-hybridized carbons (Fsp3) is 0.0909. The van der Waals surface area contributed by atoms with Gasteiger partial charge in [0.15, 0.2) is 0 Å². The molecule has 2 rings (SSSR count). The van der Waals surface area contributed by atoms with E-state index in [-0.39, 0.29) is 5.76 Å². The number of rotatable bonds is 2. The maximum absolute atomic E-state index is 13.2. The van der Waals surface area contributed by atoms with Gasteiger partial charge in [-0.2, -0.15) is 0 Å². The van der Waals surface area contributed by atoms with Crippen LogP contribution >= 0.6 is 15.9 Å². The highest BCUT2D eigenvalue weighted by Gasteiger charge is 2.12. The quantitative estimate of drug-likeness (QED) is 0.927. The number of carbonyl (C=O) groups is 1. The number of benzene rings is 1. The average molecular weight is 299 g/mol. The van der Waals surface area contributed by atoms with Gasteiger partial charge in [-0.05, 0) is 41.1 Å². The Labute approximate surface area is 105 Å². The molecule has 6 heteroatoms. The summed E-state index contributed by atoms with van der Waals surface area (Å²) in [6.45, 7) is 1.71. The van der Waals surface area contributed by atoms with Crippen molar-refractivity contribution in [3.05, 3.63) is 46.0 Å². The van der Waals surface area contributed by atoms with Gasteiger partial charge in [-0.3, -0.25) is 4.79 Å². The monoisotopic (exact) mass is 298 g/mol. The second-order valence-electron chi connectivity index (χ2n) is 3.42. The summed E-state index contributed by atoms with van der Waals surface area (Å²) in [6, 6.07) is 5.81. The van der Waals surface area contributed by atoms with Gasteiger partial charge in [0.05, 0.1) is 10.2 Å². The number of aromatic nitrogens is 1. The van der Waals surface area contributed by atoms with E-state index in [9.17, 15) is 9.18 Å². The first kappa shape index (κ1) is 11.8. The normalized spacial score (nSPS) is 10.3. The summed E-state index contributed by atoms with van der Waals surface area (Å²) in [7, 11) is 0. The minimum Gasteiger partial charge on any atom is -0.351 e. The van der Waals surface area contributed by atoms with Crippen LogP contribution in [-0.4, -0.2) is 11.1 Å². The van der Waals surface area contributed by atoms with E-state index in [1.165, 1.54) is 18.2 Å². The molecule has 1 amide bonds. The maximum atomic E-state index is 13.2. The Bertz CT molecular complexity index is 568. The zero-order chi connectivity index (χ0) is 12.4. The summed E-state index contributed by atoms with van der Waals surface area (Å²) in [5, 5.41) is 6.10. The van der Waals surface area contributed by atoms with E-state index in [1.54, 1.807) is 13.0 Å². The van der Waals surface area contributed by atoms with Crippen LogP contribution < -0.4 is 5.32 Å². The van der Waals surface area contributed by atoms with E-state index in [2.05, 4.69) is 26.4 Å². The van der Waals surface area contributed by atoms with E-state index >= 15 is 0 Å². The number of anilines is 1. The number of carbonyl (C=O) groups excluding carboxylic acids is 1. The van der Waals surface area contributed by atoms with E-state index in [4.69, 9.17) is 4.52 Å². The van der Waals surface area contributed by atoms with Crippen molar-refractivity contribution in [2.75, 3.05) is 5.32 Å². The number of halogens is 2. The summed E-state index contributed by atoms with van der Waals surface area (Å²) in [5.74, 6) is -0.824. The Kier molecular flexibility index (Phi) is 3.23. The van der Waals surface area contributed by atoms with Gasteiger partial charge in [-0.1, -0.05) is 5.16 Å². The molecule has 0 spiro atoms. The van der Waals surface area contributed by atoms with Crippen LogP contribution in [0.4, 0.5) is 10.1 Å². The van der Waals surface area contributed by atoms with Gasteiger partial charge in [-0.15, -0.1) is 0 Å². The minimum atomic E-state index is -0.465. The molecule has 0 saturated carbocycles. The first-order valence-electron chi connectivity index (χ1n) is 4.76. The number of hydrogen-bond donors (Lipinski definition) is 1. The summed E-state index contributed by atoms with van der Waals surface area (Å²) in [5.41, 5.74) is 0.960. The molecule has 0 aliphatic rings. The Morgan fingerprint density at radius 3 is 2.82 bits per heavy atom. The molecule has 0 atom stereocenters. The number of nitrogens with one attached hydrogen (secondary N) is 1. The van der Waals surface area contributed by atoms with Crippen molar-refractivity contribution in [3.63, 3.8) is 0 Å². The SMILES string of the molecule is Cc1cc(C(=O)Nc2ccc(Br)c(F)c2)on1. The van der Waals surface area contributed by atoms with E-state index < -0.39 is 11.7 Å². The summed E-state index contributed by atoms with van der Waals surface area (Å²) < 4.78 is 18.3. The van der Waals surface area contributed by atoms with Crippen molar-refractivity contribution in [3.8, 4) is 0 Å². The number of amides is 1. The predicted molar refractivity (Wildman–Crippen MR) is 63.3 cm³/mol. The first-order valence-corrected chi connectivity index (χ1v) is 5.55. The molecule has 0 bridgehead atoms. The van der Waals surface area contributed by atoms with Crippen molar-refractivity contribution in [2.45, 2.75) is 6.92 Å². The van der Waals surface area contributed by atoms with E-state index in [0.29, 0.717) is 15.9 Å². The third-order valence-electron chi connectivity index (χ3n) is 2.03. The highest BCUT2D eigenvalue weighted by molar-refractivity contribution is 9.10. The molecule has 2 aromatic rings. The van der Waals surface area contributed by atoms with Crippen LogP contribution in [-0.2, 0) is 0 Å². The van der Waals surface area contributed by atoms with Crippen LogP contribution in [0.25, 0.3) is 0 Å². The molecule has 17 heavy (non-hydrogen) atoms. The van der Waals surface area contributed by atoms with E-state index in [0.717, 1.165) is 0 Å². The van der Waals surface area contributed by atoms with Crippen LogP contribution in [0.5, 0.6) is 0 Å². The Hall–Kier alpha value is -1.69. The fourth-order valence-corrected chi connectivity index (χ4v) is 1.48. The van der Waals surface area contributed by atoms with Crippen molar-refractivity contribution in [2.24, 2.45) is 0 Å². The molecule has 1 heterocycles. The largest absolute Gasteiger partial charge is 0.351 e. The van der Waals surface area contributed by atoms with Gasteiger partial charge in [0.25, 0.3) is 5.91 Å². The van der Waals surface area contributed by atoms with Crippen LogP contribution in [0.3, 0.4) is 0 Å². The Morgan fingerprint density at radius 1 is 1.47 bits per heavy atom. The molecule has 88 valence electrons. The maximum Gasteiger partial charge on any atom is 0.294 e. The molecule has 0 aliphatic carbocycles. The lowest BCUT2D eigenvalue weighted by Gasteiger charge is -2.03. The number of aryl methyl sites for hydroxylation is 1. The van der Waals surface area contributed by atoms with Gasteiger partial charge in [0.2, 0.25) is 5.76 Å². The highest BCUT2D eigenvalue weighted by atomic mass is 79.9. The summed E-state index contributed by atoms with van der Waals surface area (Å²) in [4.78, 5) is 11.6. The third-order valence-corrected chi connectivity index (χ3v) is 2.67. The third kappa shape index (κ3) is 2.71. The molecule has 1 N–H and O–H groups in total. The molecule has 1 aromatic heterocycles. The minimum absolute atomic E-state index is 0.0887. The van der Waals surface area contributed by atoms with Gasteiger partial charge in [0, 0.05) is 11.8 Å². The topological polar surface area (TPSA) is 55.1 Å². The number of nitrogens with zero attached hydrogens (tertiary/aromatic N) is 1. The molecule has 0 aliphatic heterocycles. The Morgan fingerprint density at radius 2 is 2.24 bits per heavy atom. The highest BCUT2D eigenvalue weighted by Crippen LogP contribution is 2.19. The Balaban J connectivity index is 2.15. The van der Waals surface area contributed by atoms with Crippen LogP contribution in [0.15, 0.2) is 33.3 Å². The number of hydrogen-bond acceptors (Lipinski definition) is 3. The van der Waals surface area contributed by atoms with Gasteiger partial charge < -0.3 is 9.84 Å². The van der Waals surface area contributed by atoms with Crippen molar-refractivity contribution >= 4 is 27.5 Å². The van der Waals surface area contributed by atoms with Crippen LogP contribution in [0.2, 0.25) is 0 Å². The smallest absolute Gasteiger partial charge is 0.294 e.